The van der Waals surface area contributed by atoms with Gasteiger partial charge in [-0.2, -0.15) is 0 Å². The molecule has 3 nitrogen and oxygen atoms in total. The van der Waals surface area contributed by atoms with Crippen LogP contribution in [0.3, 0.4) is 0 Å². The fraction of sp³-hybridized carbons (Fsp3) is 0.600. The van der Waals surface area contributed by atoms with Crippen LogP contribution in [0.5, 0.6) is 0 Å². The molecule has 3 heteroatoms. The zero-order valence-corrected chi connectivity index (χ0v) is 12.0. The second-order valence-electron chi connectivity index (χ2n) is 4.91. The number of nitrogens with one attached hydrogen (secondary N) is 1. The van der Waals surface area contributed by atoms with Crippen molar-refractivity contribution < 1.29 is 5.11 Å². The Morgan fingerprint density at radius 3 is 2.33 bits per heavy atom. The van der Waals surface area contributed by atoms with Gasteiger partial charge in [-0.25, -0.2) is 0 Å². The highest BCUT2D eigenvalue weighted by Crippen LogP contribution is 2.19. The van der Waals surface area contributed by atoms with Crippen LogP contribution in [0.15, 0.2) is 24.3 Å². The second-order valence-corrected chi connectivity index (χ2v) is 4.91. The average Bonchev–Trinajstić information content (AvgIpc) is 2.43. The molecule has 0 fully saturated rings. The summed E-state index contributed by atoms with van der Waals surface area (Å²) in [5, 5.41) is 12.6. The van der Waals surface area contributed by atoms with Crippen molar-refractivity contribution in [1.82, 2.24) is 5.32 Å². The Morgan fingerprint density at radius 2 is 1.83 bits per heavy atom. The van der Waals surface area contributed by atoms with Crippen LogP contribution in [-0.4, -0.2) is 31.3 Å². The number of nitrogens with zero attached hydrogens (tertiary/aromatic N) is 1. The molecule has 0 spiro atoms. The highest BCUT2D eigenvalue weighted by Gasteiger charge is 2.09. The van der Waals surface area contributed by atoms with Gasteiger partial charge >= 0.3 is 0 Å². The van der Waals surface area contributed by atoms with Crippen molar-refractivity contribution in [1.29, 1.82) is 0 Å². The van der Waals surface area contributed by atoms with Crippen molar-refractivity contribution in [2.24, 2.45) is 0 Å². The fourth-order valence-corrected chi connectivity index (χ4v) is 1.85. The van der Waals surface area contributed by atoms with E-state index in [1.165, 1.54) is 5.56 Å². The SMILES string of the molecule is CCCNC(C)c1ccc(N(C)C(C)CO)cc1. The highest BCUT2D eigenvalue weighted by molar-refractivity contribution is 5.48. The Hall–Kier alpha value is -1.06. The summed E-state index contributed by atoms with van der Waals surface area (Å²) in [4.78, 5) is 2.09. The lowest BCUT2D eigenvalue weighted by molar-refractivity contribution is 0.270. The Bertz CT molecular complexity index is 337. The van der Waals surface area contributed by atoms with Gasteiger partial charge in [0, 0.05) is 24.8 Å². The quantitative estimate of drug-likeness (QED) is 0.780. The summed E-state index contributed by atoms with van der Waals surface area (Å²) < 4.78 is 0. The van der Waals surface area contributed by atoms with Gasteiger partial charge in [-0.1, -0.05) is 19.1 Å². The summed E-state index contributed by atoms with van der Waals surface area (Å²) in [5.41, 5.74) is 2.44. The monoisotopic (exact) mass is 250 g/mol. The van der Waals surface area contributed by atoms with Gasteiger partial charge in [0.15, 0.2) is 0 Å². The molecule has 1 aromatic carbocycles. The summed E-state index contributed by atoms with van der Waals surface area (Å²) in [6.45, 7) is 7.59. The lowest BCUT2D eigenvalue weighted by atomic mass is 10.1. The first kappa shape index (κ1) is 15.0. The van der Waals surface area contributed by atoms with Crippen LogP contribution in [0.4, 0.5) is 5.69 Å². The topological polar surface area (TPSA) is 35.5 Å². The van der Waals surface area contributed by atoms with Crippen molar-refractivity contribution >= 4 is 5.69 Å². The molecule has 2 unspecified atom stereocenters. The number of aliphatic hydroxyl groups excluding tert-OH is 1. The minimum atomic E-state index is 0.145. The normalized spacial score (nSPS) is 14.3. The predicted octanol–water partition coefficient (Wildman–Crippen LogP) is 2.56. The van der Waals surface area contributed by atoms with Crippen LogP contribution >= 0.6 is 0 Å². The largest absolute Gasteiger partial charge is 0.394 e. The first-order chi connectivity index (χ1) is 8.60. The van der Waals surface area contributed by atoms with Crippen LogP contribution in [0.2, 0.25) is 0 Å². The van der Waals surface area contributed by atoms with E-state index in [0.717, 1.165) is 18.7 Å². The molecule has 102 valence electrons. The van der Waals surface area contributed by atoms with Crippen molar-refractivity contribution in [3.8, 4) is 0 Å². The van der Waals surface area contributed by atoms with Crippen LogP contribution < -0.4 is 10.2 Å². The molecule has 0 bridgehead atoms. The Morgan fingerprint density at radius 1 is 1.22 bits per heavy atom. The van der Waals surface area contributed by atoms with E-state index in [1.54, 1.807) is 0 Å². The molecule has 1 rings (SSSR count). The van der Waals surface area contributed by atoms with E-state index in [2.05, 4.69) is 48.3 Å². The zero-order valence-electron chi connectivity index (χ0n) is 12.0. The Balaban J connectivity index is 2.67. The van der Waals surface area contributed by atoms with E-state index in [-0.39, 0.29) is 12.6 Å². The molecular weight excluding hydrogens is 224 g/mol. The van der Waals surface area contributed by atoms with Gasteiger partial charge in [-0.05, 0) is 44.5 Å². The average molecular weight is 250 g/mol. The van der Waals surface area contributed by atoms with E-state index in [1.807, 2.05) is 14.0 Å². The number of rotatable bonds is 7. The molecule has 0 saturated carbocycles. The van der Waals surface area contributed by atoms with Gasteiger partial charge in [0.1, 0.15) is 0 Å². The summed E-state index contributed by atoms with van der Waals surface area (Å²) in [6.07, 6.45) is 1.15. The van der Waals surface area contributed by atoms with Gasteiger partial charge in [-0.3, -0.25) is 0 Å². The molecule has 18 heavy (non-hydrogen) atoms. The molecular formula is C15H26N2O. The minimum Gasteiger partial charge on any atom is -0.394 e. The number of hydrogen-bond acceptors (Lipinski definition) is 3. The van der Waals surface area contributed by atoms with Crippen molar-refractivity contribution in [2.75, 3.05) is 25.1 Å². The maximum absolute atomic E-state index is 9.15. The van der Waals surface area contributed by atoms with E-state index in [0.29, 0.717) is 6.04 Å². The third-order valence-corrected chi connectivity index (χ3v) is 3.43. The lowest BCUT2D eigenvalue weighted by Gasteiger charge is -2.26. The van der Waals surface area contributed by atoms with Gasteiger partial charge in [0.2, 0.25) is 0 Å². The molecule has 0 aliphatic rings. The fourth-order valence-electron chi connectivity index (χ4n) is 1.85. The number of anilines is 1. The third-order valence-electron chi connectivity index (χ3n) is 3.43. The molecule has 0 amide bonds. The predicted molar refractivity (Wildman–Crippen MR) is 78.1 cm³/mol. The molecule has 0 aliphatic heterocycles. The molecule has 0 saturated heterocycles. The van der Waals surface area contributed by atoms with Crippen molar-refractivity contribution in [3.63, 3.8) is 0 Å². The minimum absolute atomic E-state index is 0.145. The smallest absolute Gasteiger partial charge is 0.0632 e. The molecule has 0 heterocycles. The van der Waals surface area contributed by atoms with Crippen LogP contribution in [0.1, 0.15) is 38.8 Å². The zero-order chi connectivity index (χ0) is 13.5. The van der Waals surface area contributed by atoms with Crippen molar-refractivity contribution in [3.05, 3.63) is 29.8 Å². The summed E-state index contributed by atoms with van der Waals surface area (Å²) in [5.74, 6) is 0. The van der Waals surface area contributed by atoms with Crippen LogP contribution in [0.25, 0.3) is 0 Å². The first-order valence-corrected chi connectivity index (χ1v) is 6.77. The Labute approximate surface area is 111 Å². The Kier molecular flexibility index (Phi) is 6.16. The van der Waals surface area contributed by atoms with E-state index in [9.17, 15) is 0 Å². The van der Waals surface area contributed by atoms with Gasteiger partial charge in [-0.15, -0.1) is 0 Å². The lowest BCUT2D eigenvalue weighted by Crippen LogP contribution is -2.31. The van der Waals surface area contributed by atoms with Gasteiger partial charge in [0.25, 0.3) is 0 Å². The summed E-state index contributed by atoms with van der Waals surface area (Å²) >= 11 is 0. The van der Waals surface area contributed by atoms with E-state index >= 15 is 0 Å². The number of likely N-dealkylation sites (N-methyl/N-ethyl adjacent to an activating group) is 1. The standard InChI is InChI=1S/C15H26N2O/c1-5-10-16-13(3)14-6-8-15(9-7-14)17(4)12(2)11-18/h6-9,12-13,16,18H,5,10-11H2,1-4H3. The van der Waals surface area contributed by atoms with Gasteiger partial charge < -0.3 is 15.3 Å². The van der Waals surface area contributed by atoms with Gasteiger partial charge in [0.05, 0.1) is 6.61 Å². The maximum atomic E-state index is 9.15. The third kappa shape index (κ3) is 4.00. The summed E-state index contributed by atoms with van der Waals surface area (Å²) in [7, 11) is 2.01. The molecule has 1 aromatic rings. The molecule has 0 aromatic heterocycles. The van der Waals surface area contributed by atoms with Crippen LogP contribution in [-0.2, 0) is 0 Å². The molecule has 0 aliphatic carbocycles. The second kappa shape index (κ2) is 7.39. The molecule has 0 radical (unpaired) electrons. The number of hydrogen-bond donors (Lipinski definition) is 2. The molecule has 2 atom stereocenters. The first-order valence-electron chi connectivity index (χ1n) is 6.77. The van der Waals surface area contributed by atoms with E-state index < -0.39 is 0 Å². The van der Waals surface area contributed by atoms with E-state index in [4.69, 9.17) is 5.11 Å². The van der Waals surface area contributed by atoms with Crippen molar-refractivity contribution in [2.45, 2.75) is 39.3 Å². The maximum Gasteiger partial charge on any atom is 0.0632 e. The molecule has 2 N–H and O–H groups in total. The number of benzene rings is 1. The highest BCUT2D eigenvalue weighted by atomic mass is 16.3. The number of aliphatic hydroxyl groups is 1. The summed E-state index contributed by atoms with van der Waals surface area (Å²) in [6, 6.07) is 9.08. The van der Waals surface area contributed by atoms with Crippen LogP contribution in [0, 0.1) is 0 Å².